The summed E-state index contributed by atoms with van der Waals surface area (Å²) in [5, 5.41) is 13.1. The van der Waals surface area contributed by atoms with Crippen LogP contribution in [0.3, 0.4) is 0 Å². The number of carboxylic acid groups (broad SMARTS) is 1. The number of carboxylic acids is 1. The number of fused-ring (bicyclic) bond motifs is 1. The van der Waals surface area contributed by atoms with Gasteiger partial charge in [0.05, 0.1) is 28.2 Å². The number of aryl methyl sites for hydroxylation is 1. The number of hydrogen-bond donors (Lipinski definition) is 2. The van der Waals surface area contributed by atoms with Crippen molar-refractivity contribution in [3.8, 4) is 11.4 Å². The second-order valence-electron chi connectivity index (χ2n) is 7.73. The molecule has 0 aliphatic carbocycles. The number of nitrogens with zero attached hydrogens (tertiary/aromatic N) is 3. The molecule has 33 heavy (non-hydrogen) atoms. The molecule has 0 bridgehead atoms. The van der Waals surface area contributed by atoms with Gasteiger partial charge in [0.15, 0.2) is 5.69 Å². The van der Waals surface area contributed by atoms with Gasteiger partial charge in [0.25, 0.3) is 5.56 Å². The Morgan fingerprint density at radius 3 is 2.61 bits per heavy atom. The Morgan fingerprint density at radius 1 is 1.18 bits per heavy atom. The number of nitrogens with one attached hydrogen (secondary N) is 1. The molecule has 4 rings (SSSR count). The van der Waals surface area contributed by atoms with Gasteiger partial charge in [0, 0.05) is 12.6 Å². The first-order valence-electron chi connectivity index (χ1n) is 10.1. The van der Waals surface area contributed by atoms with Gasteiger partial charge in [-0.2, -0.15) is 0 Å². The topological polar surface area (TPSA) is 97.1 Å². The fourth-order valence-electron chi connectivity index (χ4n) is 3.79. The third kappa shape index (κ3) is 4.17. The first kappa shape index (κ1) is 22.4. The zero-order valence-electron chi connectivity index (χ0n) is 18.1. The molecule has 0 amide bonds. The highest BCUT2D eigenvalue weighted by atomic mass is 35.5. The van der Waals surface area contributed by atoms with Gasteiger partial charge in [-0.1, -0.05) is 29.8 Å². The van der Waals surface area contributed by atoms with Crippen molar-refractivity contribution in [1.82, 2.24) is 14.5 Å². The van der Waals surface area contributed by atoms with Crippen molar-refractivity contribution in [2.45, 2.75) is 19.9 Å². The average molecular weight is 467 g/mol. The molecule has 168 valence electrons. The second kappa shape index (κ2) is 8.63. The fourth-order valence-corrected chi connectivity index (χ4v) is 3.94. The summed E-state index contributed by atoms with van der Waals surface area (Å²) in [4.78, 5) is 33.4. The van der Waals surface area contributed by atoms with Crippen LogP contribution < -0.4 is 10.9 Å². The van der Waals surface area contributed by atoms with Crippen molar-refractivity contribution < 1.29 is 14.3 Å². The minimum Gasteiger partial charge on any atom is -0.476 e. The van der Waals surface area contributed by atoms with E-state index in [9.17, 15) is 19.1 Å². The van der Waals surface area contributed by atoms with Gasteiger partial charge in [-0.3, -0.25) is 9.36 Å². The number of aromatic carboxylic acids is 1. The Labute approximate surface area is 193 Å². The third-order valence-corrected chi connectivity index (χ3v) is 5.58. The maximum atomic E-state index is 14.5. The van der Waals surface area contributed by atoms with Crippen molar-refractivity contribution in [1.29, 1.82) is 0 Å². The van der Waals surface area contributed by atoms with E-state index < -0.39 is 17.8 Å². The molecule has 0 unspecified atom stereocenters. The van der Waals surface area contributed by atoms with Gasteiger partial charge < -0.3 is 10.4 Å². The van der Waals surface area contributed by atoms with Gasteiger partial charge in [-0.15, -0.1) is 0 Å². The number of aromatic nitrogens is 3. The summed E-state index contributed by atoms with van der Waals surface area (Å²) < 4.78 is 15.8. The van der Waals surface area contributed by atoms with Crippen LogP contribution in [0, 0.1) is 12.7 Å². The zero-order chi connectivity index (χ0) is 23.9. The molecule has 7 nitrogen and oxygen atoms in total. The molecule has 9 heteroatoms. The van der Waals surface area contributed by atoms with Gasteiger partial charge >= 0.3 is 5.97 Å². The van der Waals surface area contributed by atoms with Crippen LogP contribution in [0.15, 0.2) is 53.3 Å². The van der Waals surface area contributed by atoms with Gasteiger partial charge in [-0.05, 0) is 49.7 Å². The summed E-state index contributed by atoms with van der Waals surface area (Å²) in [6.45, 7) is 3.67. The average Bonchev–Trinajstić information content (AvgIpc) is 2.77. The van der Waals surface area contributed by atoms with Crippen LogP contribution in [-0.4, -0.2) is 25.6 Å². The zero-order valence-corrected chi connectivity index (χ0v) is 18.8. The van der Waals surface area contributed by atoms with E-state index in [2.05, 4.69) is 15.3 Å². The Balaban J connectivity index is 1.90. The maximum Gasteiger partial charge on any atom is 0.356 e. The quantitative estimate of drug-likeness (QED) is 0.403. The molecule has 0 saturated carbocycles. The Morgan fingerprint density at radius 2 is 1.91 bits per heavy atom. The lowest BCUT2D eigenvalue weighted by molar-refractivity contribution is 0.0691. The number of pyridine rings is 1. The Hall–Kier alpha value is -3.78. The summed E-state index contributed by atoms with van der Waals surface area (Å²) in [7, 11) is 1.55. The minimum absolute atomic E-state index is 0.0614. The molecule has 0 aliphatic heterocycles. The number of anilines is 1. The molecule has 0 spiro atoms. The van der Waals surface area contributed by atoms with E-state index in [-0.39, 0.29) is 33.5 Å². The molecule has 0 saturated heterocycles. The summed E-state index contributed by atoms with van der Waals surface area (Å²) in [6.07, 6.45) is 0. The van der Waals surface area contributed by atoms with Gasteiger partial charge in [-0.25, -0.2) is 19.2 Å². The van der Waals surface area contributed by atoms with Crippen molar-refractivity contribution in [2.24, 2.45) is 7.05 Å². The molecule has 2 aromatic carbocycles. The van der Waals surface area contributed by atoms with Crippen molar-refractivity contribution in [3.05, 3.63) is 86.7 Å². The number of hydrogen-bond acceptors (Lipinski definition) is 5. The fraction of sp³-hybridized carbons (Fsp3) is 0.167. The molecule has 2 aromatic heterocycles. The maximum absolute atomic E-state index is 14.5. The van der Waals surface area contributed by atoms with Gasteiger partial charge in [0.1, 0.15) is 16.8 Å². The number of rotatable bonds is 5. The lowest BCUT2D eigenvalue weighted by atomic mass is 10.0. The Kier molecular flexibility index (Phi) is 5.86. The van der Waals surface area contributed by atoms with Crippen molar-refractivity contribution >= 4 is 34.2 Å². The summed E-state index contributed by atoms with van der Waals surface area (Å²) >= 11 is 5.85. The van der Waals surface area contributed by atoms with E-state index in [0.29, 0.717) is 16.5 Å². The van der Waals surface area contributed by atoms with E-state index in [0.717, 1.165) is 5.56 Å². The highest BCUT2D eigenvalue weighted by Gasteiger charge is 2.20. The normalized spacial score (nSPS) is 12.0. The minimum atomic E-state index is -1.23. The van der Waals surface area contributed by atoms with Crippen LogP contribution in [0.5, 0.6) is 0 Å². The second-order valence-corrected chi connectivity index (χ2v) is 8.12. The molecule has 4 aromatic rings. The third-order valence-electron chi connectivity index (χ3n) is 5.37. The largest absolute Gasteiger partial charge is 0.476 e. The molecule has 0 radical (unpaired) electrons. The molecule has 0 aliphatic rings. The van der Waals surface area contributed by atoms with Crippen LogP contribution in [0.1, 0.15) is 34.6 Å². The first-order chi connectivity index (χ1) is 15.7. The Bertz CT molecular complexity index is 1470. The van der Waals surface area contributed by atoms with Gasteiger partial charge in [0.2, 0.25) is 0 Å². The molecule has 0 fully saturated rings. The summed E-state index contributed by atoms with van der Waals surface area (Å²) in [5.74, 6) is -1.52. The van der Waals surface area contributed by atoms with Crippen LogP contribution in [0.4, 0.5) is 10.1 Å². The van der Waals surface area contributed by atoms with Crippen LogP contribution >= 0.6 is 11.6 Å². The van der Waals surface area contributed by atoms with E-state index in [1.165, 1.54) is 22.8 Å². The van der Waals surface area contributed by atoms with E-state index in [1.807, 2.05) is 19.9 Å². The predicted molar refractivity (Wildman–Crippen MR) is 125 cm³/mol. The van der Waals surface area contributed by atoms with E-state index in [1.54, 1.807) is 31.3 Å². The molecular weight excluding hydrogens is 447 g/mol. The summed E-state index contributed by atoms with van der Waals surface area (Å²) in [5.41, 5.74) is 1.84. The number of halogens is 2. The highest BCUT2D eigenvalue weighted by Crippen LogP contribution is 2.29. The first-order valence-corrected chi connectivity index (χ1v) is 10.5. The number of carbonyl (C=O) groups is 1. The van der Waals surface area contributed by atoms with E-state index in [4.69, 9.17) is 11.6 Å². The number of benzene rings is 2. The highest BCUT2D eigenvalue weighted by molar-refractivity contribution is 6.29. The molecule has 1 atom stereocenters. The lowest BCUT2D eigenvalue weighted by Crippen LogP contribution is -2.22. The SMILES string of the molecule is Cc1cc([C@@H](C)Nc2ccc(Cl)nc2C(=O)O)c2nc(-c3ccccc3F)n(C)c(=O)c2c1. The molecule has 2 N–H and O–H groups in total. The summed E-state index contributed by atoms with van der Waals surface area (Å²) in [6, 6.07) is 12.3. The predicted octanol–water partition coefficient (Wildman–Crippen LogP) is 4.97. The monoisotopic (exact) mass is 466 g/mol. The smallest absolute Gasteiger partial charge is 0.356 e. The van der Waals surface area contributed by atoms with Crippen LogP contribution in [0.2, 0.25) is 5.15 Å². The van der Waals surface area contributed by atoms with Crippen molar-refractivity contribution in [3.63, 3.8) is 0 Å². The molecular formula is C24H20ClFN4O3. The van der Waals surface area contributed by atoms with Crippen LogP contribution in [0.25, 0.3) is 22.3 Å². The van der Waals surface area contributed by atoms with Crippen LogP contribution in [-0.2, 0) is 7.05 Å². The van der Waals surface area contributed by atoms with E-state index >= 15 is 0 Å². The molecule has 2 heterocycles. The standard InChI is InChI=1S/C24H20ClFN4O3/c1-12-10-15(13(2)27-18-8-9-19(25)28-21(18)24(32)33)20-16(11-12)23(31)30(3)22(29-20)14-6-4-5-7-17(14)26/h4-11,13,27H,1-3H3,(H,32,33)/t13-/m1/s1. The van der Waals surface area contributed by atoms with Crippen molar-refractivity contribution in [2.75, 3.05) is 5.32 Å². The lowest BCUT2D eigenvalue weighted by Gasteiger charge is -2.20.